The van der Waals surface area contributed by atoms with Gasteiger partial charge in [-0.3, -0.25) is 9.59 Å². The fraction of sp³-hybridized carbons (Fsp3) is 0.400. The van der Waals surface area contributed by atoms with Crippen molar-refractivity contribution in [3.05, 3.63) is 23.8 Å². The highest BCUT2D eigenvalue weighted by molar-refractivity contribution is 6.01. The second-order valence-corrected chi connectivity index (χ2v) is 3.26. The number of carbonyl (C=O) groups is 2. The van der Waals surface area contributed by atoms with Gasteiger partial charge in [0, 0.05) is 18.8 Å². The molecule has 2 aliphatic rings. The van der Waals surface area contributed by atoms with Crippen molar-refractivity contribution in [2.75, 3.05) is 0 Å². The van der Waals surface area contributed by atoms with Gasteiger partial charge in [0.1, 0.15) is 0 Å². The summed E-state index contributed by atoms with van der Waals surface area (Å²) in [5.74, 6) is 0.451. The average molecular weight is 162 g/mol. The summed E-state index contributed by atoms with van der Waals surface area (Å²) in [6.07, 6.45) is 7.38. The third-order valence-corrected chi connectivity index (χ3v) is 2.39. The first-order valence-corrected chi connectivity index (χ1v) is 4.21. The summed E-state index contributed by atoms with van der Waals surface area (Å²) in [6.45, 7) is 0. The van der Waals surface area contributed by atoms with Crippen molar-refractivity contribution >= 4 is 11.6 Å². The Labute approximate surface area is 71.0 Å². The molecule has 2 heteroatoms. The van der Waals surface area contributed by atoms with E-state index in [1.54, 1.807) is 6.08 Å². The fourth-order valence-electron chi connectivity index (χ4n) is 1.77. The van der Waals surface area contributed by atoms with Crippen molar-refractivity contribution in [3.8, 4) is 0 Å². The largest absolute Gasteiger partial charge is 0.295 e. The Hall–Kier alpha value is -1.18. The van der Waals surface area contributed by atoms with Gasteiger partial charge >= 0.3 is 0 Å². The zero-order valence-corrected chi connectivity index (χ0v) is 6.75. The predicted molar refractivity (Wildman–Crippen MR) is 44.6 cm³/mol. The lowest BCUT2D eigenvalue weighted by Crippen LogP contribution is -2.06. The van der Waals surface area contributed by atoms with Crippen LogP contribution >= 0.6 is 0 Å². The molecule has 0 saturated heterocycles. The maximum Gasteiger partial charge on any atom is 0.159 e. The molecule has 1 atom stereocenters. The molecule has 0 amide bonds. The molecule has 0 fully saturated rings. The Balaban J connectivity index is 2.16. The van der Waals surface area contributed by atoms with Crippen LogP contribution in [0.15, 0.2) is 23.8 Å². The molecule has 0 aliphatic heterocycles. The van der Waals surface area contributed by atoms with Crippen molar-refractivity contribution in [3.63, 3.8) is 0 Å². The molecule has 12 heavy (non-hydrogen) atoms. The highest BCUT2D eigenvalue weighted by atomic mass is 16.1. The van der Waals surface area contributed by atoms with Crippen LogP contribution in [0.1, 0.15) is 19.3 Å². The molecule has 1 unspecified atom stereocenters. The van der Waals surface area contributed by atoms with Gasteiger partial charge in [-0.15, -0.1) is 0 Å². The van der Waals surface area contributed by atoms with Crippen LogP contribution in [-0.4, -0.2) is 11.6 Å². The molecule has 0 aromatic carbocycles. The van der Waals surface area contributed by atoms with E-state index in [9.17, 15) is 9.59 Å². The summed E-state index contributed by atoms with van der Waals surface area (Å²) in [6, 6.07) is 0. The van der Waals surface area contributed by atoms with Crippen LogP contribution in [0.5, 0.6) is 0 Å². The summed E-state index contributed by atoms with van der Waals surface area (Å²) in [5, 5.41) is 0. The lowest BCUT2D eigenvalue weighted by atomic mass is 9.97. The SMILES string of the molecule is O=C1C=CC(C2=CCCC2=O)C1. The van der Waals surface area contributed by atoms with Crippen molar-refractivity contribution < 1.29 is 9.59 Å². The first kappa shape index (κ1) is 7.47. The van der Waals surface area contributed by atoms with E-state index in [0.717, 1.165) is 12.0 Å². The van der Waals surface area contributed by atoms with Crippen LogP contribution in [0.25, 0.3) is 0 Å². The molecule has 0 N–H and O–H groups in total. The van der Waals surface area contributed by atoms with Gasteiger partial charge in [-0.1, -0.05) is 12.2 Å². The summed E-state index contributed by atoms with van der Waals surface area (Å²) in [7, 11) is 0. The number of Topliss-reactive ketones (excluding diaryl/α,β-unsaturated/α-hetero) is 1. The Bertz CT molecular complexity index is 297. The Morgan fingerprint density at radius 2 is 2.17 bits per heavy atom. The number of hydrogen-bond donors (Lipinski definition) is 0. The van der Waals surface area contributed by atoms with Crippen LogP contribution in [0.4, 0.5) is 0 Å². The minimum absolute atomic E-state index is 0.0903. The molecule has 0 radical (unpaired) electrons. The van der Waals surface area contributed by atoms with Gasteiger partial charge in [-0.05, 0) is 18.1 Å². The number of carbonyl (C=O) groups excluding carboxylic acids is 2. The van der Waals surface area contributed by atoms with Gasteiger partial charge in [-0.25, -0.2) is 0 Å². The van der Waals surface area contributed by atoms with Crippen molar-refractivity contribution in [2.24, 2.45) is 5.92 Å². The van der Waals surface area contributed by atoms with Crippen LogP contribution < -0.4 is 0 Å². The van der Waals surface area contributed by atoms with Crippen molar-refractivity contribution in [1.82, 2.24) is 0 Å². The van der Waals surface area contributed by atoms with E-state index in [2.05, 4.69) is 0 Å². The Kier molecular flexibility index (Phi) is 1.68. The van der Waals surface area contributed by atoms with E-state index in [4.69, 9.17) is 0 Å². The van der Waals surface area contributed by atoms with Crippen LogP contribution in [0.2, 0.25) is 0 Å². The topological polar surface area (TPSA) is 34.1 Å². The van der Waals surface area contributed by atoms with Crippen LogP contribution in [-0.2, 0) is 9.59 Å². The van der Waals surface area contributed by atoms with Gasteiger partial charge in [0.2, 0.25) is 0 Å². The molecule has 0 saturated carbocycles. The van der Waals surface area contributed by atoms with Gasteiger partial charge in [0.25, 0.3) is 0 Å². The summed E-state index contributed by atoms with van der Waals surface area (Å²) < 4.78 is 0. The number of allylic oxidation sites excluding steroid dienone is 4. The Morgan fingerprint density at radius 3 is 2.67 bits per heavy atom. The highest BCUT2D eigenvalue weighted by Crippen LogP contribution is 2.28. The molecule has 62 valence electrons. The van der Waals surface area contributed by atoms with Gasteiger partial charge < -0.3 is 0 Å². The van der Waals surface area contributed by atoms with E-state index < -0.39 is 0 Å². The average Bonchev–Trinajstić information content (AvgIpc) is 2.58. The number of hydrogen-bond acceptors (Lipinski definition) is 2. The quantitative estimate of drug-likeness (QED) is 0.584. The van der Waals surface area contributed by atoms with E-state index in [0.29, 0.717) is 12.8 Å². The molecule has 0 bridgehead atoms. The highest BCUT2D eigenvalue weighted by Gasteiger charge is 2.26. The fourth-order valence-corrected chi connectivity index (χ4v) is 1.77. The van der Waals surface area contributed by atoms with Crippen molar-refractivity contribution in [1.29, 1.82) is 0 Å². The Morgan fingerprint density at radius 1 is 1.33 bits per heavy atom. The third-order valence-electron chi connectivity index (χ3n) is 2.39. The molecular weight excluding hydrogens is 152 g/mol. The monoisotopic (exact) mass is 162 g/mol. The summed E-state index contributed by atoms with van der Waals surface area (Å²) in [5.41, 5.74) is 0.858. The van der Waals surface area contributed by atoms with Gasteiger partial charge in [0.05, 0.1) is 0 Å². The minimum Gasteiger partial charge on any atom is -0.295 e. The molecule has 2 nitrogen and oxygen atoms in total. The number of rotatable bonds is 1. The zero-order valence-electron chi connectivity index (χ0n) is 6.75. The van der Waals surface area contributed by atoms with E-state index in [1.165, 1.54) is 0 Å². The minimum atomic E-state index is 0.0903. The predicted octanol–water partition coefficient (Wildman–Crippen LogP) is 1.42. The lowest BCUT2D eigenvalue weighted by molar-refractivity contribution is -0.115. The lowest BCUT2D eigenvalue weighted by Gasteiger charge is -2.05. The summed E-state index contributed by atoms with van der Waals surface area (Å²) >= 11 is 0. The summed E-state index contributed by atoms with van der Waals surface area (Å²) in [4.78, 5) is 22.1. The normalized spacial score (nSPS) is 28.3. The van der Waals surface area contributed by atoms with Crippen molar-refractivity contribution in [2.45, 2.75) is 19.3 Å². The molecule has 2 aliphatic carbocycles. The van der Waals surface area contributed by atoms with Crippen LogP contribution in [0, 0.1) is 5.92 Å². The molecule has 0 aromatic rings. The van der Waals surface area contributed by atoms with Gasteiger partial charge in [0.15, 0.2) is 11.6 Å². The smallest absolute Gasteiger partial charge is 0.159 e. The first-order valence-electron chi connectivity index (χ1n) is 4.21. The number of ketones is 2. The molecule has 0 heterocycles. The van der Waals surface area contributed by atoms with E-state index in [1.807, 2.05) is 12.2 Å². The molecule has 2 rings (SSSR count). The van der Waals surface area contributed by atoms with E-state index >= 15 is 0 Å². The maximum atomic E-state index is 11.3. The van der Waals surface area contributed by atoms with E-state index in [-0.39, 0.29) is 17.5 Å². The molecule has 0 spiro atoms. The first-order chi connectivity index (χ1) is 5.77. The zero-order chi connectivity index (χ0) is 8.55. The standard InChI is InChI=1S/C10H10O2/c11-8-5-4-7(6-8)9-2-1-3-10(9)12/h2,4-5,7H,1,3,6H2. The maximum absolute atomic E-state index is 11.3. The van der Waals surface area contributed by atoms with Gasteiger partial charge in [-0.2, -0.15) is 0 Å². The molecular formula is C10H10O2. The second-order valence-electron chi connectivity index (χ2n) is 3.26. The molecule has 0 aromatic heterocycles. The van der Waals surface area contributed by atoms with Crippen LogP contribution in [0.3, 0.4) is 0 Å². The third kappa shape index (κ3) is 1.13. The second kappa shape index (κ2) is 2.70.